The molecule has 0 amide bonds. The van der Waals surface area contributed by atoms with Gasteiger partial charge in [0, 0.05) is 16.3 Å². The van der Waals surface area contributed by atoms with Crippen LogP contribution in [0.25, 0.3) is 0 Å². The SMILES string of the molecule is CSCc1ccc(Cl)cc1O. The first-order valence-corrected chi connectivity index (χ1v) is 4.97. The first-order valence-electron chi connectivity index (χ1n) is 3.20. The zero-order valence-corrected chi connectivity index (χ0v) is 7.75. The van der Waals surface area contributed by atoms with Crippen molar-refractivity contribution in [3.8, 4) is 5.75 Å². The standard InChI is InChI=1S/C8H9ClOS/c1-11-5-6-2-3-7(9)4-8(6)10/h2-4,10H,5H2,1H3. The molecule has 0 aliphatic carbocycles. The van der Waals surface area contributed by atoms with E-state index in [9.17, 15) is 5.11 Å². The van der Waals surface area contributed by atoms with Gasteiger partial charge in [-0.15, -0.1) is 0 Å². The molecule has 0 aliphatic rings. The minimum atomic E-state index is 0.284. The summed E-state index contributed by atoms with van der Waals surface area (Å²) < 4.78 is 0. The molecule has 11 heavy (non-hydrogen) atoms. The molecule has 0 saturated carbocycles. The van der Waals surface area contributed by atoms with Crippen molar-refractivity contribution in [1.29, 1.82) is 0 Å². The first kappa shape index (κ1) is 8.75. The molecule has 0 aromatic heterocycles. The normalized spacial score (nSPS) is 10.0. The molecule has 1 rings (SSSR count). The van der Waals surface area contributed by atoms with Crippen LogP contribution < -0.4 is 0 Å². The van der Waals surface area contributed by atoms with E-state index in [1.165, 1.54) is 0 Å². The summed E-state index contributed by atoms with van der Waals surface area (Å²) >= 11 is 7.32. The zero-order chi connectivity index (χ0) is 8.27. The monoisotopic (exact) mass is 188 g/mol. The number of hydrogen-bond donors (Lipinski definition) is 1. The van der Waals surface area contributed by atoms with Crippen LogP contribution in [0.3, 0.4) is 0 Å². The minimum Gasteiger partial charge on any atom is -0.508 e. The van der Waals surface area contributed by atoms with Crippen LogP contribution in [0.5, 0.6) is 5.75 Å². The molecule has 1 nitrogen and oxygen atoms in total. The van der Waals surface area contributed by atoms with Gasteiger partial charge in [0.15, 0.2) is 0 Å². The van der Waals surface area contributed by atoms with Gasteiger partial charge in [-0.1, -0.05) is 17.7 Å². The highest BCUT2D eigenvalue weighted by Gasteiger charge is 1.99. The minimum absolute atomic E-state index is 0.284. The van der Waals surface area contributed by atoms with Crippen LogP contribution >= 0.6 is 23.4 Å². The molecule has 0 saturated heterocycles. The van der Waals surface area contributed by atoms with Crippen LogP contribution in [0, 0.1) is 0 Å². The maximum Gasteiger partial charge on any atom is 0.121 e. The molecule has 1 N–H and O–H groups in total. The summed E-state index contributed by atoms with van der Waals surface area (Å²) in [4.78, 5) is 0. The van der Waals surface area contributed by atoms with Crippen LogP contribution in [-0.2, 0) is 5.75 Å². The lowest BCUT2D eigenvalue weighted by Gasteiger charge is -2.01. The number of phenols is 1. The Hall–Kier alpha value is -0.340. The molecule has 0 radical (unpaired) electrons. The molecule has 60 valence electrons. The van der Waals surface area contributed by atoms with E-state index in [0.717, 1.165) is 11.3 Å². The summed E-state index contributed by atoms with van der Waals surface area (Å²) in [5.41, 5.74) is 0.932. The number of rotatable bonds is 2. The Morgan fingerprint density at radius 1 is 1.55 bits per heavy atom. The van der Waals surface area contributed by atoms with Crippen molar-refractivity contribution in [2.45, 2.75) is 5.75 Å². The summed E-state index contributed by atoms with van der Waals surface area (Å²) in [6.45, 7) is 0. The summed E-state index contributed by atoms with van der Waals surface area (Å²) in [5.74, 6) is 1.11. The molecule has 0 aliphatic heterocycles. The van der Waals surface area contributed by atoms with Crippen LogP contribution in [0.15, 0.2) is 18.2 Å². The number of aromatic hydroxyl groups is 1. The molecule has 0 unspecified atom stereocenters. The van der Waals surface area contributed by atoms with Gasteiger partial charge in [0.05, 0.1) is 0 Å². The maximum absolute atomic E-state index is 9.32. The lowest BCUT2D eigenvalue weighted by Crippen LogP contribution is -1.80. The fourth-order valence-corrected chi connectivity index (χ4v) is 1.54. The van der Waals surface area contributed by atoms with Gasteiger partial charge in [-0.3, -0.25) is 0 Å². The Balaban J connectivity index is 2.90. The summed E-state index contributed by atoms with van der Waals surface area (Å²) in [6, 6.07) is 5.19. The second-order valence-corrected chi connectivity index (χ2v) is 3.51. The van der Waals surface area contributed by atoms with Gasteiger partial charge in [-0.25, -0.2) is 0 Å². The maximum atomic E-state index is 9.32. The Bertz CT molecular complexity index is 250. The third-order valence-electron chi connectivity index (χ3n) is 1.35. The van der Waals surface area contributed by atoms with E-state index in [2.05, 4.69) is 0 Å². The Labute approximate surface area is 75.4 Å². The van der Waals surface area contributed by atoms with E-state index in [1.54, 1.807) is 23.9 Å². The molecular formula is C8H9ClOS. The van der Waals surface area contributed by atoms with Crippen molar-refractivity contribution in [2.24, 2.45) is 0 Å². The summed E-state index contributed by atoms with van der Waals surface area (Å²) in [6.07, 6.45) is 1.99. The van der Waals surface area contributed by atoms with Crippen molar-refractivity contribution >= 4 is 23.4 Å². The van der Waals surface area contributed by atoms with E-state index in [1.807, 2.05) is 12.3 Å². The highest BCUT2D eigenvalue weighted by molar-refractivity contribution is 7.97. The van der Waals surface area contributed by atoms with Crippen molar-refractivity contribution in [3.05, 3.63) is 28.8 Å². The van der Waals surface area contributed by atoms with Crippen LogP contribution in [0.2, 0.25) is 5.02 Å². The van der Waals surface area contributed by atoms with Gasteiger partial charge in [0.2, 0.25) is 0 Å². The van der Waals surface area contributed by atoms with Gasteiger partial charge in [0.25, 0.3) is 0 Å². The molecular weight excluding hydrogens is 180 g/mol. The number of benzene rings is 1. The molecule has 0 bridgehead atoms. The predicted octanol–water partition coefficient (Wildman–Crippen LogP) is 2.91. The average Bonchev–Trinajstić information content (AvgIpc) is 1.95. The van der Waals surface area contributed by atoms with Gasteiger partial charge in [-0.2, -0.15) is 11.8 Å². The second-order valence-electron chi connectivity index (χ2n) is 2.21. The highest BCUT2D eigenvalue weighted by atomic mass is 35.5. The van der Waals surface area contributed by atoms with Crippen molar-refractivity contribution in [2.75, 3.05) is 6.26 Å². The number of phenolic OH excluding ortho intramolecular Hbond substituents is 1. The lowest BCUT2D eigenvalue weighted by atomic mass is 10.2. The number of thioether (sulfide) groups is 1. The molecule has 0 fully saturated rings. The molecule has 1 aromatic rings. The van der Waals surface area contributed by atoms with Crippen LogP contribution in [-0.4, -0.2) is 11.4 Å². The van der Waals surface area contributed by atoms with Crippen molar-refractivity contribution < 1.29 is 5.11 Å². The van der Waals surface area contributed by atoms with E-state index >= 15 is 0 Å². The van der Waals surface area contributed by atoms with Gasteiger partial charge in [-0.05, 0) is 18.4 Å². The lowest BCUT2D eigenvalue weighted by molar-refractivity contribution is 0.470. The topological polar surface area (TPSA) is 20.2 Å². The van der Waals surface area contributed by atoms with E-state index in [4.69, 9.17) is 11.6 Å². The molecule has 0 spiro atoms. The third kappa shape index (κ3) is 2.31. The zero-order valence-electron chi connectivity index (χ0n) is 6.17. The van der Waals surface area contributed by atoms with E-state index in [0.29, 0.717) is 5.02 Å². The fraction of sp³-hybridized carbons (Fsp3) is 0.250. The number of halogens is 1. The summed E-state index contributed by atoms with van der Waals surface area (Å²) in [5, 5.41) is 9.90. The smallest absolute Gasteiger partial charge is 0.121 e. The van der Waals surface area contributed by atoms with Gasteiger partial charge >= 0.3 is 0 Å². The third-order valence-corrected chi connectivity index (χ3v) is 2.18. The second kappa shape index (κ2) is 3.88. The molecule has 0 heterocycles. The van der Waals surface area contributed by atoms with E-state index in [-0.39, 0.29) is 5.75 Å². The largest absolute Gasteiger partial charge is 0.508 e. The highest BCUT2D eigenvalue weighted by Crippen LogP contribution is 2.24. The molecule has 1 aromatic carbocycles. The quantitative estimate of drug-likeness (QED) is 0.770. The van der Waals surface area contributed by atoms with Crippen molar-refractivity contribution in [3.63, 3.8) is 0 Å². The predicted molar refractivity (Wildman–Crippen MR) is 50.3 cm³/mol. The van der Waals surface area contributed by atoms with Crippen LogP contribution in [0.4, 0.5) is 0 Å². The fourth-order valence-electron chi connectivity index (χ4n) is 0.815. The Morgan fingerprint density at radius 2 is 2.27 bits per heavy atom. The van der Waals surface area contributed by atoms with E-state index < -0.39 is 0 Å². The first-order chi connectivity index (χ1) is 5.24. The summed E-state index contributed by atoms with van der Waals surface area (Å²) in [7, 11) is 0. The van der Waals surface area contributed by atoms with Crippen molar-refractivity contribution in [1.82, 2.24) is 0 Å². The molecule has 0 atom stereocenters. The Kier molecular flexibility index (Phi) is 3.09. The molecule has 3 heteroatoms. The van der Waals surface area contributed by atoms with Gasteiger partial charge < -0.3 is 5.11 Å². The number of hydrogen-bond acceptors (Lipinski definition) is 2. The van der Waals surface area contributed by atoms with Crippen LogP contribution in [0.1, 0.15) is 5.56 Å². The average molecular weight is 189 g/mol. The van der Waals surface area contributed by atoms with Gasteiger partial charge in [0.1, 0.15) is 5.75 Å². The Morgan fingerprint density at radius 3 is 2.82 bits per heavy atom.